The summed E-state index contributed by atoms with van der Waals surface area (Å²) < 4.78 is 0. The van der Waals surface area contributed by atoms with Crippen molar-refractivity contribution in [3.05, 3.63) is 0 Å². The Balaban J connectivity index is -0.00000186. The van der Waals surface area contributed by atoms with Crippen LogP contribution in [-0.2, 0) is 67.1 Å². The summed E-state index contributed by atoms with van der Waals surface area (Å²) in [4.78, 5) is 173. The lowest BCUT2D eigenvalue weighted by atomic mass is 10.0. The Labute approximate surface area is 768 Å². The third-order valence-corrected chi connectivity index (χ3v) is 21.8. The number of Topliss-reactive ketones (excluding diaryl/α,β-unsaturated/α-hetero) is 3. The Morgan fingerprint density at radius 2 is 0.295 bits per heavy atom. The van der Waals surface area contributed by atoms with E-state index in [1.54, 1.807) is 0 Å². The van der Waals surface area contributed by atoms with Gasteiger partial charge in [0.2, 0.25) is 65.0 Å². The first kappa shape index (κ1) is 126. The van der Waals surface area contributed by atoms with Crippen molar-refractivity contribution < 1.29 is 67.1 Å². The van der Waals surface area contributed by atoms with Gasteiger partial charge in [-0.3, -0.25) is 67.1 Å². The lowest BCUT2D eigenvalue weighted by molar-refractivity contribution is -0.131. The molecule has 14 atom stereocenters. The summed E-state index contributed by atoms with van der Waals surface area (Å²) in [6.07, 6.45) is 26.6. The SMILES string of the molecule is CC(=O)C(CCCCNC(=O)C(CCCCN)NC(=O)C(N)CCCCN)NC(=O)C(CCCCN)NC(=O)C(N)CCCCN.CC(=O)C(CCCCNC(=O)C(N)CCCCN)NC(=O)C(N)CCCCNC(=O)C(N)CCCCN.CC(=O)C(CCCCNC(=O)C(N)CCCCNC(=O)C(N)CCCCN)NC(=O)C(N)CCCCNC(=O)C(N)CCCCN. The quantitative estimate of drug-likeness (QED) is 0.0257. The highest BCUT2D eigenvalue weighted by molar-refractivity contribution is 5.94. The van der Waals surface area contributed by atoms with Gasteiger partial charge in [0.1, 0.15) is 12.1 Å². The summed E-state index contributed by atoms with van der Waals surface area (Å²) in [5.41, 5.74) is 97.5. The smallest absolute Gasteiger partial charge is 0.243 e. The number of hydrogen-bond acceptors (Lipinski definition) is 31. The Bertz CT molecular complexity index is 3030. The fraction of sp³-hybridized carbons (Fsp3) is 0.839. The highest BCUT2D eigenvalue weighted by atomic mass is 16.2. The van der Waals surface area contributed by atoms with E-state index in [1.807, 2.05) is 0 Å². The molecule has 11 amide bonds. The number of amides is 11. The van der Waals surface area contributed by atoms with Crippen LogP contribution < -0.4 is 156 Å². The zero-order chi connectivity index (χ0) is 97.5. The summed E-state index contributed by atoms with van der Waals surface area (Å²) in [7, 11) is 0. The predicted molar refractivity (Wildman–Crippen MR) is 508 cm³/mol. The van der Waals surface area contributed by atoms with Crippen LogP contribution in [0.25, 0.3) is 0 Å². The molecule has 42 nitrogen and oxygen atoms in total. The van der Waals surface area contributed by atoms with E-state index in [2.05, 4.69) is 58.5 Å². The largest absolute Gasteiger partial charge is 0.355 e. The maximum absolute atomic E-state index is 13.2. The van der Waals surface area contributed by atoms with Crippen molar-refractivity contribution in [2.75, 3.05) is 91.6 Å². The summed E-state index contributed by atoms with van der Waals surface area (Å²) in [6, 6.07) is -9.42. The third-order valence-electron chi connectivity index (χ3n) is 21.8. The molecule has 752 valence electrons. The molecule has 129 heavy (non-hydrogen) atoms. The van der Waals surface area contributed by atoms with E-state index >= 15 is 0 Å². The van der Waals surface area contributed by atoms with Crippen LogP contribution in [0, 0.1) is 0 Å². The second kappa shape index (κ2) is 83.6. The van der Waals surface area contributed by atoms with Gasteiger partial charge in [-0.25, -0.2) is 0 Å². The molecule has 0 spiro atoms. The summed E-state index contributed by atoms with van der Waals surface area (Å²) in [6.45, 7) is 11.1. The monoisotopic (exact) mass is 1840 g/mol. The molecular formula is C87H180N28O14. The average Bonchev–Trinajstić information content (AvgIpc) is 0.874. The first-order chi connectivity index (χ1) is 61.6. The van der Waals surface area contributed by atoms with Gasteiger partial charge in [-0.2, -0.15) is 0 Å². The van der Waals surface area contributed by atoms with E-state index in [9.17, 15) is 67.1 Å². The maximum Gasteiger partial charge on any atom is 0.243 e. The fourth-order valence-electron chi connectivity index (χ4n) is 13.2. The molecule has 0 saturated carbocycles. The van der Waals surface area contributed by atoms with Crippen molar-refractivity contribution in [1.82, 2.24) is 58.5 Å². The first-order valence-electron chi connectivity index (χ1n) is 47.7. The van der Waals surface area contributed by atoms with Crippen molar-refractivity contribution >= 4 is 82.3 Å². The number of ketones is 3. The number of carbonyl (C=O) groups excluding carboxylic acids is 14. The van der Waals surface area contributed by atoms with E-state index in [-0.39, 0.29) is 64.6 Å². The van der Waals surface area contributed by atoms with Crippen LogP contribution in [0.15, 0.2) is 0 Å². The van der Waals surface area contributed by atoms with Crippen LogP contribution in [0.2, 0.25) is 0 Å². The lowest BCUT2D eigenvalue weighted by Gasteiger charge is -2.24. The van der Waals surface area contributed by atoms with Gasteiger partial charge >= 0.3 is 0 Å². The van der Waals surface area contributed by atoms with Gasteiger partial charge in [0.05, 0.1) is 72.5 Å². The van der Waals surface area contributed by atoms with Crippen LogP contribution in [0.5, 0.6) is 0 Å². The van der Waals surface area contributed by atoms with Gasteiger partial charge < -0.3 is 156 Å². The van der Waals surface area contributed by atoms with E-state index < -0.39 is 102 Å². The number of unbranched alkanes of at least 4 members (excludes halogenated alkanes) is 14. The fourth-order valence-corrected chi connectivity index (χ4v) is 13.2. The number of nitrogens with two attached hydrogens (primary N) is 17. The highest BCUT2D eigenvalue weighted by Gasteiger charge is 2.30. The maximum atomic E-state index is 13.2. The Kier molecular flexibility index (Phi) is 81.4. The second-order valence-electron chi connectivity index (χ2n) is 33.6. The molecule has 0 saturated heterocycles. The molecule has 45 N–H and O–H groups in total. The van der Waals surface area contributed by atoms with Gasteiger partial charge in [-0.05, 0) is 304 Å². The molecule has 0 aromatic carbocycles. The number of hydrogen-bond donors (Lipinski definition) is 28. The van der Waals surface area contributed by atoms with Crippen molar-refractivity contribution in [2.45, 2.75) is 375 Å². The lowest BCUT2D eigenvalue weighted by Crippen LogP contribution is -2.54. The van der Waals surface area contributed by atoms with Crippen LogP contribution in [0.3, 0.4) is 0 Å². The molecule has 0 aliphatic heterocycles. The zero-order valence-electron chi connectivity index (χ0n) is 78.7. The van der Waals surface area contributed by atoms with Gasteiger partial charge in [0.25, 0.3) is 0 Å². The van der Waals surface area contributed by atoms with Gasteiger partial charge in [-0.15, -0.1) is 0 Å². The average molecular weight is 1840 g/mol. The van der Waals surface area contributed by atoms with E-state index in [4.69, 9.17) is 97.5 Å². The van der Waals surface area contributed by atoms with Crippen LogP contribution in [0.4, 0.5) is 0 Å². The van der Waals surface area contributed by atoms with Gasteiger partial charge in [0, 0.05) is 39.3 Å². The molecule has 0 rings (SSSR count). The zero-order valence-corrected chi connectivity index (χ0v) is 78.7. The molecule has 0 aliphatic rings. The molecule has 14 unspecified atom stereocenters. The standard InChI is InChI=1S/2C31H64N10O5.C25H52N8O4/c1-22(42)25(39-31(46)27(16-5-10-20-35)41-29(44)24(37)13-3-8-18-33)14-6-11-21-38-30(45)26(15-4-9-19-34)40-28(43)23(36)12-2-7-17-32;1-22(42)27(41-31(46)26(37)15-5-10-20-39-29(44)24(35)13-3-8-18-33)16-6-11-21-40-30(45)25(36)14-4-9-19-38-28(43)23(34)12-2-7-17-32;1-18(34)22(13-5-9-17-32-24(36)20(29)11-3-7-15-27)33-25(37)21(30)12-4-8-16-31-23(35)19(28)10-2-6-14-26/h23-27H,2-21,32-37H2,1H3,(H,38,45)(H,39,46)(H,40,43)(H,41,44);23-27H,2-21,32-37H2,1H3,(H,38,43)(H,39,44)(H,40,45)(H,41,46);19-22H,2-17,26-30H2,1H3,(H,31,35)(H,32,36)(H,33,37). The van der Waals surface area contributed by atoms with Crippen LogP contribution in [-0.4, -0.2) is 259 Å². The van der Waals surface area contributed by atoms with Gasteiger partial charge in [-0.1, -0.05) is 38.5 Å². The molecule has 0 aromatic heterocycles. The van der Waals surface area contributed by atoms with E-state index in [0.29, 0.717) is 284 Å². The molecule has 0 aliphatic carbocycles. The van der Waals surface area contributed by atoms with E-state index in [1.165, 1.54) is 20.8 Å². The molecule has 0 radical (unpaired) electrons. The Hall–Kier alpha value is -7.50. The molecule has 0 bridgehead atoms. The topological polar surface area (TPSA) is 814 Å². The second-order valence-corrected chi connectivity index (χ2v) is 33.6. The molecule has 0 aromatic rings. The number of nitrogens with one attached hydrogen (secondary N) is 11. The van der Waals surface area contributed by atoms with Gasteiger partial charge in [0.15, 0.2) is 17.3 Å². The van der Waals surface area contributed by atoms with Crippen LogP contribution >= 0.6 is 0 Å². The number of rotatable bonds is 81. The van der Waals surface area contributed by atoms with Crippen LogP contribution in [0.1, 0.15) is 290 Å². The molecular weight excluding hydrogens is 1660 g/mol. The van der Waals surface area contributed by atoms with E-state index in [0.717, 1.165) is 77.0 Å². The summed E-state index contributed by atoms with van der Waals surface area (Å²) in [5.74, 6) is -3.86. The highest BCUT2D eigenvalue weighted by Crippen LogP contribution is 2.13. The van der Waals surface area contributed by atoms with Crippen molar-refractivity contribution in [1.29, 1.82) is 0 Å². The minimum absolute atomic E-state index is 0.142. The third kappa shape index (κ3) is 69.1. The number of carbonyl (C=O) groups is 14. The Morgan fingerprint density at radius 3 is 0.481 bits per heavy atom. The summed E-state index contributed by atoms with van der Waals surface area (Å²) >= 11 is 0. The molecule has 42 heteroatoms. The van der Waals surface area contributed by atoms with Crippen molar-refractivity contribution in [3.8, 4) is 0 Å². The molecule has 0 fully saturated rings. The van der Waals surface area contributed by atoms with Crippen molar-refractivity contribution in [3.63, 3.8) is 0 Å². The normalized spacial score (nSPS) is 14.4. The summed E-state index contributed by atoms with van der Waals surface area (Å²) in [5, 5.41) is 30.6. The predicted octanol–water partition coefficient (Wildman–Crippen LogP) is -4.15. The minimum atomic E-state index is -0.846. The first-order valence-corrected chi connectivity index (χ1v) is 47.7. The molecule has 0 heterocycles. The Morgan fingerprint density at radius 1 is 0.163 bits per heavy atom. The van der Waals surface area contributed by atoms with Crippen molar-refractivity contribution in [2.24, 2.45) is 97.5 Å². The minimum Gasteiger partial charge on any atom is -0.355 e.